The maximum absolute atomic E-state index is 13.5. The molecule has 2 rings (SSSR count). The van der Waals surface area contributed by atoms with Crippen molar-refractivity contribution in [2.24, 2.45) is 0 Å². The highest BCUT2D eigenvalue weighted by Crippen LogP contribution is 2.24. The van der Waals surface area contributed by atoms with Gasteiger partial charge in [-0.1, -0.05) is 40.1 Å². The van der Waals surface area contributed by atoms with Gasteiger partial charge in [0, 0.05) is 6.54 Å². The van der Waals surface area contributed by atoms with Crippen LogP contribution in [0.25, 0.3) is 0 Å². The van der Waals surface area contributed by atoms with E-state index in [2.05, 4.69) is 4.74 Å². The van der Waals surface area contributed by atoms with E-state index in [1.807, 2.05) is 0 Å². The number of carbonyl (C=O) groups is 1. The number of hydrogen-bond donors (Lipinski definition) is 0. The molecule has 170 valence electrons. The second-order valence-electron chi connectivity index (χ2n) is 6.28. The molecule has 0 unspecified atom stereocenters. The van der Waals surface area contributed by atoms with Crippen molar-refractivity contribution < 1.29 is 35.5 Å². The van der Waals surface area contributed by atoms with E-state index in [9.17, 15) is 26.0 Å². The minimum Gasteiger partial charge on any atom is -0.462 e. The Hall–Kier alpha value is -2.34. The van der Waals surface area contributed by atoms with Gasteiger partial charge in [0.05, 0.1) is 23.0 Å². The third kappa shape index (κ3) is 6.57. The van der Waals surface area contributed by atoms with Crippen molar-refractivity contribution in [1.82, 2.24) is 3.71 Å². The number of nitrogens with zero attached hydrogens (tertiary/aromatic N) is 1. The van der Waals surface area contributed by atoms with Crippen molar-refractivity contribution in [1.29, 1.82) is 0 Å². The van der Waals surface area contributed by atoms with Crippen molar-refractivity contribution in [2.75, 3.05) is 19.8 Å². The van der Waals surface area contributed by atoms with Gasteiger partial charge in [-0.2, -0.15) is 0 Å². The number of esters is 1. The van der Waals surface area contributed by atoms with E-state index in [0.29, 0.717) is 3.71 Å². The van der Waals surface area contributed by atoms with Gasteiger partial charge in [0.2, 0.25) is 0 Å². The van der Waals surface area contributed by atoms with Gasteiger partial charge >= 0.3 is 5.97 Å². The highest BCUT2D eigenvalue weighted by Gasteiger charge is 2.36. The lowest BCUT2D eigenvalue weighted by atomic mass is 10.3. The average molecular weight is 474 g/mol. The summed E-state index contributed by atoms with van der Waals surface area (Å²) in [6, 6.07) is 14.4. The standard InChI is InChI=1S/C20H24FNO7S2/c1-2-28-20(23)19(21)29-16-10-9-15-22(30(24,25)17-11-5-3-6-12-17)31(26,27)18-13-7-4-8-14-18/h3-8,11-14,19H,2,9-10,15-16H2,1H3/t19-/m1/s1. The topological polar surface area (TPSA) is 107 Å². The summed E-state index contributed by atoms with van der Waals surface area (Å²) in [6.07, 6.45) is -2.09. The van der Waals surface area contributed by atoms with Crippen LogP contribution in [0.1, 0.15) is 19.8 Å². The molecule has 0 bridgehead atoms. The van der Waals surface area contributed by atoms with Crippen molar-refractivity contribution in [3.05, 3.63) is 60.7 Å². The molecule has 0 heterocycles. The fourth-order valence-corrected chi connectivity index (χ4v) is 6.36. The first kappa shape index (κ1) is 24.9. The Kier molecular flexibility index (Phi) is 9.11. The predicted octanol–water partition coefficient (Wildman–Crippen LogP) is 2.72. The van der Waals surface area contributed by atoms with E-state index >= 15 is 0 Å². The number of sulfonamides is 2. The average Bonchev–Trinajstić information content (AvgIpc) is 2.77. The molecule has 31 heavy (non-hydrogen) atoms. The summed E-state index contributed by atoms with van der Waals surface area (Å²) < 4.78 is 75.4. The van der Waals surface area contributed by atoms with Crippen LogP contribution in [-0.4, -0.2) is 52.6 Å². The van der Waals surface area contributed by atoms with Crippen molar-refractivity contribution in [2.45, 2.75) is 35.9 Å². The Labute approximate surface area is 181 Å². The number of unbranched alkanes of at least 4 members (excludes halogenated alkanes) is 1. The number of halogens is 1. The highest BCUT2D eigenvalue weighted by molar-refractivity contribution is 8.04. The molecule has 1 atom stereocenters. The van der Waals surface area contributed by atoms with Gasteiger partial charge in [0.1, 0.15) is 0 Å². The van der Waals surface area contributed by atoms with Gasteiger partial charge in [0.25, 0.3) is 26.4 Å². The van der Waals surface area contributed by atoms with E-state index in [4.69, 9.17) is 4.74 Å². The Balaban J connectivity index is 2.16. The van der Waals surface area contributed by atoms with Crippen LogP contribution in [0.4, 0.5) is 4.39 Å². The molecule has 2 aromatic rings. The Morgan fingerprint density at radius 3 is 1.84 bits per heavy atom. The third-order valence-electron chi connectivity index (χ3n) is 4.09. The number of benzene rings is 2. The van der Waals surface area contributed by atoms with Gasteiger partial charge in [0.15, 0.2) is 0 Å². The number of rotatable bonds is 12. The quantitative estimate of drug-likeness (QED) is 0.345. The molecular weight excluding hydrogens is 449 g/mol. The fourth-order valence-electron chi connectivity index (χ4n) is 2.60. The molecule has 8 nitrogen and oxygen atoms in total. The third-order valence-corrected chi connectivity index (χ3v) is 8.44. The summed E-state index contributed by atoms with van der Waals surface area (Å²) in [5.74, 6) is -1.15. The second kappa shape index (κ2) is 11.3. The zero-order valence-electron chi connectivity index (χ0n) is 16.9. The molecule has 0 fully saturated rings. The summed E-state index contributed by atoms with van der Waals surface area (Å²) in [4.78, 5) is 10.9. The normalized spacial score (nSPS) is 13.1. The lowest BCUT2D eigenvalue weighted by Gasteiger charge is -2.22. The number of alkyl halides is 1. The highest BCUT2D eigenvalue weighted by atomic mass is 32.3. The summed E-state index contributed by atoms with van der Waals surface area (Å²) in [7, 11) is -8.75. The van der Waals surface area contributed by atoms with E-state index in [1.54, 1.807) is 12.1 Å². The molecule has 0 radical (unpaired) electrons. The zero-order valence-corrected chi connectivity index (χ0v) is 18.5. The molecule has 0 N–H and O–H groups in total. The molecule has 0 aliphatic rings. The van der Waals surface area contributed by atoms with Gasteiger partial charge in [-0.15, -0.1) is 0 Å². The first-order chi connectivity index (χ1) is 14.7. The molecule has 0 saturated heterocycles. The largest absolute Gasteiger partial charge is 0.462 e. The summed E-state index contributed by atoms with van der Waals surface area (Å²) in [6.45, 7) is 0.935. The molecule has 0 spiro atoms. The Morgan fingerprint density at radius 2 is 1.39 bits per heavy atom. The maximum atomic E-state index is 13.5. The first-order valence-corrected chi connectivity index (χ1v) is 12.4. The van der Waals surface area contributed by atoms with Crippen LogP contribution in [0.2, 0.25) is 0 Å². The summed E-state index contributed by atoms with van der Waals surface area (Å²) in [5.41, 5.74) is 0. The molecule has 2 aromatic carbocycles. The molecular formula is C20H24FNO7S2. The van der Waals surface area contributed by atoms with Crippen LogP contribution in [-0.2, 0) is 34.3 Å². The minimum atomic E-state index is -4.37. The van der Waals surface area contributed by atoms with Crippen LogP contribution in [0.15, 0.2) is 70.5 Å². The number of carbonyl (C=O) groups excluding carboxylic acids is 1. The van der Waals surface area contributed by atoms with Crippen LogP contribution in [0.3, 0.4) is 0 Å². The van der Waals surface area contributed by atoms with Gasteiger partial charge in [-0.05, 0) is 44.0 Å². The summed E-state index contributed by atoms with van der Waals surface area (Å²) >= 11 is 0. The maximum Gasteiger partial charge on any atom is 0.368 e. The molecule has 0 aromatic heterocycles. The number of ether oxygens (including phenoxy) is 2. The van der Waals surface area contributed by atoms with Crippen LogP contribution < -0.4 is 0 Å². The first-order valence-electron chi connectivity index (χ1n) is 9.51. The van der Waals surface area contributed by atoms with E-state index < -0.39 is 32.4 Å². The van der Waals surface area contributed by atoms with Crippen LogP contribution in [0, 0.1) is 0 Å². The van der Waals surface area contributed by atoms with Gasteiger partial charge in [-0.3, -0.25) is 0 Å². The Morgan fingerprint density at radius 1 is 0.903 bits per heavy atom. The molecule has 0 amide bonds. The minimum absolute atomic E-state index is 0.00621. The van der Waals surface area contributed by atoms with Crippen LogP contribution in [0.5, 0.6) is 0 Å². The fraction of sp³-hybridized carbons (Fsp3) is 0.350. The van der Waals surface area contributed by atoms with E-state index in [-0.39, 0.29) is 42.4 Å². The zero-order chi connectivity index (χ0) is 22.9. The predicted molar refractivity (Wildman–Crippen MR) is 111 cm³/mol. The molecule has 0 aliphatic carbocycles. The SMILES string of the molecule is CCOC(=O)[C@H](F)OCCCCN(S(=O)(=O)c1ccccc1)S(=O)(=O)c1ccccc1. The summed E-state index contributed by atoms with van der Waals surface area (Å²) in [5, 5.41) is 0. The Bertz CT molecular complexity index is 976. The smallest absolute Gasteiger partial charge is 0.368 e. The van der Waals surface area contributed by atoms with Crippen molar-refractivity contribution in [3.63, 3.8) is 0 Å². The van der Waals surface area contributed by atoms with E-state index in [1.165, 1.54) is 55.5 Å². The molecule has 11 heteroatoms. The van der Waals surface area contributed by atoms with Gasteiger partial charge < -0.3 is 9.47 Å². The molecule has 0 aliphatic heterocycles. The second-order valence-corrected chi connectivity index (χ2v) is 10.2. The van der Waals surface area contributed by atoms with E-state index in [0.717, 1.165) is 0 Å². The van der Waals surface area contributed by atoms with Crippen LogP contribution >= 0.6 is 0 Å². The lowest BCUT2D eigenvalue weighted by molar-refractivity contribution is -0.169. The van der Waals surface area contributed by atoms with Gasteiger partial charge in [-0.25, -0.2) is 26.0 Å². The molecule has 0 saturated carbocycles. The van der Waals surface area contributed by atoms with Crippen molar-refractivity contribution in [3.8, 4) is 0 Å². The number of hydrogen-bond acceptors (Lipinski definition) is 7. The van der Waals surface area contributed by atoms with Crippen molar-refractivity contribution >= 4 is 26.0 Å². The lowest BCUT2D eigenvalue weighted by Crippen LogP contribution is -2.37. The monoisotopic (exact) mass is 473 g/mol.